The summed E-state index contributed by atoms with van der Waals surface area (Å²) >= 11 is 1.42. The molecule has 0 spiro atoms. The number of benzene rings is 2. The number of anilines is 1. The molecule has 0 aliphatic heterocycles. The standard InChI is InChI=1S/C25H25N5O2S/c1-2-5-23(32)27-17-10-8-16(9-11-17)22(31)15-33-25-29-28-24(30(25)18-12-13-18)20-14-26-21-7-4-3-6-19(20)21/h3-4,6-11,14,18,26H,2,5,12-13,15H2,1H3,(H,27,32). The highest BCUT2D eigenvalue weighted by atomic mass is 32.2. The lowest BCUT2D eigenvalue weighted by Gasteiger charge is -2.08. The number of hydrogen-bond donors (Lipinski definition) is 2. The minimum atomic E-state index is -0.0162. The number of carbonyl (C=O) groups is 2. The monoisotopic (exact) mass is 459 g/mol. The van der Waals surface area contributed by atoms with Crippen molar-refractivity contribution >= 4 is 40.0 Å². The maximum Gasteiger partial charge on any atom is 0.224 e. The molecule has 168 valence electrons. The number of ketones is 1. The summed E-state index contributed by atoms with van der Waals surface area (Å²) in [6, 6.07) is 15.6. The molecule has 7 nitrogen and oxygen atoms in total. The van der Waals surface area contributed by atoms with Crippen LogP contribution in [0.25, 0.3) is 22.3 Å². The Morgan fingerprint density at radius 2 is 1.91 bits per heavy atom. The fraction of sp³-hybridized carbons (Fsp3) is 0.280. The predicted octanol–water partition coefficient (Wildman–Crippen LogP) is 5.47. The van der Waals surface area contributed by atoms with Crippen molar-refractivity contribution in [3.05, 3.63) is 60.3 Å². The van der Waals surface area contributed by atoms with Crippen molar-refractivity contribution in [3.63, 3.8) is 0 Å². The van der Waals surface area contributed by atoms with Crippen LogP contribution in [0.2, 0.25) is 0 Å². The smallest absolute Gasteiger partial charge is 0.224 e. The van der Waals surface area contributed by atoms with Gasteiger partial charge in [0.05, 0.1) is 5.75 Å². The minimum Gasteiger partial charge on any atom is -0.360 e. The fourth-order valence-corrected chi connectivity index (χ4v) is 4.78. The number of H-pyrrole nitrogens is 1. The summed E-state index contributed by atoms with van der Waals surface area (Å²) in [7, 11) is 0. The Balaban J connectivity index is 1.30. The number of nitrogens with zero attached hydrogens (tertiary/aromatic N) is 3. The molecule has 2 heterocycles. The van der Waals surface area contributed by atoms with E-state index in [1.807, 2.05) is 31.3 Å². The zero-order valence-corrected chi connectivity index (χ0v) is 19.2. The van der Waals surface area contributed by atoms with Crippen molar-refractivity contribution < 1.29 is 9.59 Å². The molecule has 0 bridgehead atoms. The minimum absolute atomic E-state index is 0.0162. The number of hydrogen-bond acceptors (Lipinski definition) is 5. The molecular formula is C25H25N5O2S. The highest BCUT2D eigenvalue weighted by Gasteiger charge is 2.31. The van der Waals surface area contributed by atoms with Crippen LogP contribution in [0.4, 0.5) is 5.69 Å². The molecule has 0 saturated heterocycles. The normalized spacial score (nSPS) is 13.4. The molecule has 0 radical (unpaired) electrons. The van der Waals surface area contributed by atoms with Crippen LogP contribution < -0.4 is 5.32 Å². The molecule has 8 heteroatoms. The Morgan fingerprint density at radius 1 is 1.12 bits per heavy atom. The predicted molar refractivity (Wildman–Crippen MR) is 131 cm³/mol. The largest absolute Gasteiger partial charge is 0.360 e. The van der Waals surface area contributed by atoms with Crippen LogP contribution in [0.5, 0.6) is 0 Å². The Kier molecular flexibility index (Phi) is 6.00. The number of nitrogens with one attached hydrogen (secondary N) is 2. The Morgan fingerprint density at radius 3 is 2.67 bits per heavy atom. The van der Waals surface area contributed by atoms with Gasteiger partial charge in [-0.1, -0.05) is 36.9 Å². The zero-order valence-electron chi connectivity index (χ0n) is 18.4. The lowest BCUT2D eigenvalue weighted by molar-refractivity contribution is -0.116. The second-order valence-corrected chi connectivity index (χ2v) is 9.19. The molecule has 1 fully saturated rings. The molecule has 1 saturated carbocycles. The van der Waals surface area contributed by atoms with Gasteiger partial charge in [0.2, 0.25) is 5.91 Å². The molecule has 2 aromatic carbocycles. The van der Waals surface area contributed by atoms with Gasteiger partial charge < -0.3 is 10.3 Å². The Bertz CT molecular complexity index is 1300. The first-order valence-electron chi connectivity index (χ1n) is 11.2. The van der Waals surface area contributed by atoms with Gasteiger partial charge in [0.15, 0.2) is 16.8 Å². The molecule has 0 unspecified atom stereocenters. The summed E-state index contributed by atoms with van der Waals surface area (Å²) in [5.74, 6) is 1.13. The van der Waals surface area contributed by atoms with E-state index in [1.165, 1.54) is 11.8 Å². The summed E-state index contributed by atoms with van der Waals surface area (Å²) < 4.78 is 2.18. The number of amides is 1. The highest BCUT2D eigenvalue weighted by Crippen LogP contribution is 2.42. The first-order valence-corrected chi connectivity index (χ1v) is 12.2. The third-order valence-corrected chi connectivity index (χ3v) is 6.65. The van der Waals surface area contributed by atoms with E-state index in [9.17, 15) is 9.59 Å². The number of fused-ring (bicyclic) bond motifs is 1. The SMILES string of the molecule is CCCC(=O)Nc1ccc(C(=O)CSc2nnc(-c3c[nH]c4ccccc34)n2C2CC2)cc1. The van der Waals surface area contributed by atoms with E-state index in [-0.39, 0.29) is 17.4 Å². The van der Waals surface area contributed by atoms with Gasteiger partial charge in [-0.25, -0.2) is 0 Å². The molecule has 0 atom stereocenters. The number of rotatable bonds is 9. The lowest BCUT2D eigenvalue weighted by atomic mass is 10.1. The maximum absolute atomic E-state index is 12.8. The molecule has 4 aromatic rings. The number of thioether (sulfide) groups is 1. The van der Waals surface area contributed by atoms with E-state index in [0.717, 1.165) is 46.7 Å². The van der Waals surface area contributed by atoms with Crippen molar-refractivity contribution in [1.29, 1.82) is 0 Å². The van der Waals surface area contributed by atoms with E-state index in [2.05, 4.69) is 31.1 Å². The van der Waals surface area contributed by atoms with Gasteiger partial charge in [-0.15, -0.1) is 10.2 Å². The van der Waals surface area contributed by atoms with E-state index in [0.29, 0.717) is 23.7 Å². The van der Waals surface area contributed by atoms with E-state index in [1.54, 1.807) is 24.3 Å². The lowest BCUT2D eigenvalue weighted by Crippen LogP contribution is -2.11. The molecule has 2 aromatic heterocycles. The quantitative estimate of drug-likeness (QED) is 0.256. The van der Waals surface area contributed by atoms with Gasteiger partial charge in [-0.2, -0.15) is 0 Å². The van der Waals surface area contributed by atoms with Gasteiger partial charge in [-0.05, 0) is 49.6 Å². The van der Waals surface area contributed by atoms with E-state index >= 15 is 0 Å². The van der Waals surface area contributed by atoms with E-state index in [4.69, 9.17) is 0 Å². The summed E-state index contributed by atoms with van der Waals surface area (Å²) in [6.45, 7) is 1.96. The number of para-hydroxylation sites is 1. The zero-order chi connectivity index (χ0) is 22.8. The second-order valence-electron chi connectivity index (χ2n) is 8.24. The fourth-order valence-electron chi connectivity index (χ4n) is 3.88. The van der Waals surface area contributed by atoms with Crippen molar-refractivity contribution in [2.75, 3.05) is 11.1 Å². The third kappa shape index (κ3) is 4.57. The number of aromatic amines is 1. The van der Waals surface area contributed by atoms with Gasteiger partial charge >= 0.3 is 0 Å². The molecular weight excluding hydrogens is 434 g/mol. The Labute approximate surface area is 196 Å². The van der Waals surface area contributed by atoms with Crippen molar-refractivity contribution in [3.8, 4) is 11.4 Å². The van der Waals surface area contributed by atoms with E-state index < -0.39 is 0 Å². The van der Waals surface area contributed by atoms with Crippen LogP contribution in [-0.2, 0) is 4.79 Å². The van der Waals surface area contributed by atoms with Crippen LogP contribution >= 0.6 is 11.8 Å². The van der Waals surface area contributed by atoms with Gasteiger partial charge in [-0.3, -0.25) is 14.2 Å². The molecule has 1 amide bonds. The van der Waals surface area contributed by atoms with Crippen molar-refractivity contribution in [2.24, 2.45) is 0 Å². The third-order valence-electron chi connectivity index (χ3n) is 5.71. The Hall–Kier alpha value is -3.39. The highest BCUT2D eigenvalue weighted by molar-refractivity contribution is 7.99. The van der Waals surface area contributed by atoms with Gasteiger partial charge in [0, 0.05) is 46.4 Å². The number of aromatic nitrogens is 4. The average Bonchev–Trinajstić information content (AvgIpc) is 3.44. The maximum atomic E-state index is 12.8. The summed E-state index contributed by atoms with van der Waals surface area (Å²) in [6.07, 6.45) is 5.46. The molecule has 33 heavy (non-hydrogen) atoms. The summed E-state index contributed by atoms with van der Waals surface area (Å²) in [5, 5.41) is 13.7. The molecule has 1 aliphatic carbocycles. The van der Waals surface area contributed by atoms with Crippen molar-refractivity contribution in [2.45, 2.75) is 43.8 Å². The van der Waals surface area contributed by atoms with Crippen LogP contribution in [0.15, 0.2) is 59.9 Å². The first-order chi connectivity index (χ1) is 16.1. The summed E-state index contributed by atoms with van der Waals surface area (Å²) in [4.78, 5) is 27.8. The topological polar surface area (TPSA) is 92.7 Å². The van der Waals surface area contributed by atoms with Crippen LogP contribution in [0.3, 0.4) is 0 Å². The van der Waals surface area contributed by atoms with Gasteiger partial charge in [0.1, 0.15) is 0 Å². The van der Waals surface area contributed by atoms with Crippen LogP contribution in [0, 0.1) is 0 Å². The van der Waals surface area contributed by atoms with Crippen LogP contribution in [-0.4, -0.2) is 37.2 Å². The van der Waals surface area contributed by atoms with Gasteiger partial charge in [0.25, 0.3) is 0 Å². The second kappa shape index (κ2) is 9.23. The van der Waals surface area contributed by atoms with Crippen molar-refractivity contribution in [1.82, 2.24) is 19.7 Å². The number of Topliss-reactive ketones (excluding diaryl/α,β-unsaturated/α-hetero) is 1. The summed E-state index contributed by atoms with van der Waals surface area (Å²) in [5.41, 5.74) is 3.42. The molecule has 1 aliphatic rings. The first kappa shape index (κ1) is 21.5. The molecule has 2 N–H and O–H groups in total. The molecule has 5 rings (SSSR count). The van der Waals surface area contributed by atoms with Crippen LogP contribution in [0.1, 0.15) is 49.0 Å². The number of carbonyl (C=O) groups excluding carboxylic acids is 2. The average molecular weight is 460 g/mol.